The highest BCUT2D eigenvalue weighted by molar-refractivity contribution is 6.04. The van der Waals surface area contributed by atoms with Crippen LogP contribution in [-0.2, 0) is 0 Å². The summed E-state index contributed by atoms with van der Waals surface area (Å²) in [6, 6.07) is 14.9. The highest BCUT2D eigenvalue weighted by Gasteiger charge is 2.20. The minimum atomic E-state index is -0.832. The van der Waals surface area contributed by atoms with E-state index < -0.39 is 11.0 Å². The van der Waals surface area contributed by atoms with Gasteiger partial charge in [-0.1, -0.05) is 30.3 Å². The second-order valence-corrected chi connectivity index (χ2v) is 6.63. The zero-order chi connectivity index (χ0) is 19.2. The van der Waals surface area contributed by atoms with Crippen LogP contribution in [0.15, 0.2) is 66.4 Å². The van der Waals surface area contributed by atoms with Crippen LogP contribution in [0.2, 0.25) is 0 Å². The molecule has 1 fully saturated rings. The molecule has 2 aromatic carbocycles. The van der Waals surface area contributed by atoms with E-state index in [1.54, 1.807) is 30.3 Å². The summed E-state index contributed by atoms with van der Waals surface area (Å²) in [4.78, 5) is 25.0. The van der Waals surface area contributed by atoms with Gasteiger partial charge in [0.15, 0.2) is 5.78 Å². The number of carbonyl (C=O) groups excluding carboxylic acids is 1. The molecule has 0 bridgehead atoms. The number of nitro groups is 1. The van der Waals surface area contributed by atoms with E-state index in [4.69, 9.17) is 0 Å². The Morgan fingerprint density at radius 1 is 1.11 bits per heavy atom. The number of rotatable bonds is 7. The molecule has 27 heavy (non-hydrogen) atoms. The van der Waals surface area contributed by atoms with E-state index in [0.717, 1.165) is 31.6 Å². The predicted octanol–water partition coefficient (Wildman–Crippen LogP) is 3.88. The van der Waals surface area contributed by atoms with Crippen molar-refractivity contribution in [2.75, 3.05) is 13.1 Å². The van der Waals surface area contributed by atoms with Gasteiger partial charge in [-0.2, -0.15) is 0 Å². The Morgan fingerprint density at radius 3 is 2.33 bits per heavy atom. The Morgan fingerprint density at radius 2 is 1.74 bits per heavy atom. The third-order valence-corrected chi connectivity index (χ3v) is 4.76. The van der Waals surface area contributed by atoms with Crippen molar-refractivity contribution in [3.63, 3.8) is 0 Å². The first-order chi connectivity index (χ1) is 13.0. The number of allylic oxidation sites excluding steroid dienone is 1. The lowest BCUT2D eigenvalue weighted by atomic mass is 10.0. The maximum Gasteiger partial charge on any atom is 0.269 e. The van der Waals surface area contributed by atoms with Crippen molar-refractivity contribution in [2.24, 2.45) is 0 Å². The molecule has 0 aromatic heterocycles. The molecule has 0 spiro atoms. The molecule has 1 atom stereocenters. The first-order valence-corrected chi connectivity index (χ1v) is 9.02. The fraction of sp³-hybridized carbons (Fsp3) is 0.286. The van der Waals surface area contributed by atoms with Crippen molar-refractivity contribution in [1.82, 2.24) is 4.90 Å². The Labute approximate surface area is 157 Å². The van der Waals surface area contributed by atoms with Crippen molar-refractivity contribution in [1.29, 1.82) is 0 Å². The van der Waals surface area contributed by atoms with Gasteiger partial charge in [-0.05, 0) is 30.5 Å². The van der Waals surface area contributed by atoms with Crippen molar-refractivity contribution >= 4 is 11.5 Å². The number of benzene rings is 2. The Kier molecular flexibility index (Phi) is 5.98. The van der Waals surface area contributed by atoms with Gasteiger partial charge in [0.1, 0.15) is 0 Å². The molecule has 140 valence electrons. The first kappa shape index (κ1) is 18.8. The summed E-state index contributed by atoms with van der Waals surface area (Å²) in [7, 11) is 0. The van der Waals surface area contributed by atoms with E-state index in [0.29, 0.717) is 11.1 Å². The average molecular weight is 366 g/mol. The summed E-state index contributed by atoms with van der Waals surface area (Å²) in [5, 5.41) is 21.4. The number of carbonyl (C=O) groups is 1. The molecule has 6 heteroatoms. The summed E-state index contributed by atoms with van der Waals surface area (Å²) in [5.74, 6) is -0.0894. The molecule has 1 heterocycles. The lowest BCUT2D eigenvalue weighted by molar-refractivity contribution is -0.384. The number of nitrogens with zero attached hydrogens (tertiary/aromatic N) is 2. The van der Waals surface area contributed by atoms with Crippen LogP contribution in [0, 0.1) is 10.1 Å². The smallest absolute Gasteiger partial charge is 0.269 e. The second kappa shape index (κ2) is 8.60. The largest absolute Gasteiger partial charge is 0.388 e. The lowest BCUT2D eigenvalue weighted by Gasteiger charge is -2.24. The molecular weight excluding hydrogens is 344 g/mol. The molecule has 1 unspecified atom stereocenters. The van der Waals surface area contributed by atoms with E-state index >= 15 is 0 Å². The fourth-order valence-electron chi connectivity index (χ4n) is 3.25. The number of hydrogen-bond donors (Lipinski definition) is 1. The molecule has 1 N–H and O–H groups in total. The molecular formula is C21H22N2O4. The Balaban J connectivity index is 1.79. The normalized spacial score (nSPS) is 15.6. The minimum absolute atomic E-state index is 0.0134. The zero-order valence-electron chi connectivity index (χ0n) is 15.0. The predicted molar refractivity (Wildman–Crippen MR) is 102 cm³/mol. The summed E-state index contributed by atoms with van der Waals surface area (Å²) in [6.07, 6.45) is 3.18. The van der Waals surface area contributed by atoms with Crippen molar-refractivity contribution in [3.05, 3.63) is 87.6 Å². The molecule has 0 aliphatic carbocycles. The van der Waals surface area contributed by atoms with Crippen LogP contribution in [0.25, 0.3) is 0 Å². The van der Waals surface area contributed by atoms with Crippen LogP contribution in [-0.4, -0.2) is 33.8 Å². The first-order valence-electron chi connectivity index (χ1n) is 9.02. The SMILES string of the molecule is O=C(/C=C(\CC(O)c1ccc([N+](=O)[O-])cc1)N1CCCC1)c1ccccc1. The highest BCUT2D eigenvalue weighted by Crippen LogP contribution is 2.27. The number of non-ortho nitro benzene ring substituents is 1. The Hall–Kier alpha value is -2.99. The number of hydrogen-bond acceptors (Lipinski definition) is 5. The van der Waals surface area contributed by atoms with Crippen LogP contribution in [0.1, 0.15) is 41.3 Å². The topological polar surface area (TPSA) is 83.7 Å². The molecule has 1 aliphatic heterocycles. The Bertz CT molecular complexity index is 825. The molecule has 0 saturated carbocycles. The van der Waals surface area contributed by atoms with E-state index in [1.807, 2.05) is 18.2 Å². The molecule has 0 radical (unpaired) electrons. The van der Waals surface area contributed by atoms with Crippen LogP contribution in [0.3, 0.4) is 0 Å². The van der Waals surface area contributed by atoms with Gasteiger partial charge in [0.25, 0.3) is 5.69 Å². The van der Waals surface area contributed by atoms with E-state index in [9.17, 15) is 20.0 Å². The molecule has 1 aliphatic rings. The van der Waals surface area contributed by atoms with Crippen LogP contribution < -0.4 is 0 Å². The molecule has 6 nitrogen and oxygen atoms in total. The van der Waals surface area contributed by atoms with Crippen LogP contribution in [0.5, 0.6) is 0 Å². The van der Waals surface area contributed by atoms with Crippen LogP contribution in [0.4, 0.5) is 5.69 Å². The summed E-state index contributed by atoms with van der Waals surface area (Å²) >= 11 is 0. The van der Waals surface area contributed by atoms with Gasteiger partial charge in [-0.3, -0.25) is 14.9 Å². The van der Waals surface area contributed by atoms with Gasteiger partial charge < -0.3 is 10.0 Å². The van der Waals surface area contributed by atoms with Crippen molar-refractivity contribution < 1.29 is 14.8 Å². The quantitative estimate of drug-likeness (QED) is 0.348. The summed E-state index contributed by atoms with van der Waals surface area (Å²) < 4.78 is 0. The summed E-state index contributed by atoms with van der Waals surface area (Å²) in [6.45, 7) is 1.72. The molecule has 2 aromatic rings. The molecule has 3 rings (SSSR count). The van der Waals surface area contributed by atoms with Gasteiger partial charge in [-0.25, -0.2) is 0 Å². The maximum absolute atomic E-state index is 12.6. The highest BCUT2D eigenvalue weighted by atomic mass is 16.6. The molecule has 1 saturated heterocycles. The monoisotopic (exact) mass is 366 g/mol. The third kappa shape index (κ3) is 4.80. The number of aliphatic hydroxyl groups excluding tert-OH is 1. The lowest BCUT2D eigenvalue weighted by Crippen LogP contribution is -2.21. The standard InChI is InChI=1S/C21H22N2O4/c24-20(16-6-2-1-3-7-16)14-19(22-12-4-5-13-22)15-21(25)17-8-10-18(11-9-17)23(26)27/h1-3,6-11,14,21,25H,4-5,12-13,15H2/b19-14+. The average Bonchev–Trinajstić information content (AvgIpc) is 3.23. The number of likely N-dealkylation sites (tertiary alicyclic amines) is 1. The second-order valence-electron chi connectivity index (χ2n) is 6.63. The third-order valence-electron chi connectivity index (χ3n) is 4.76. The van der Waals surface area contributed by atoms with Crippen molar-refractivity contribution in [2.45, 2.75) is 25.4 Å². The fourth-order valence-corrected chi connectivity index (χ4v) is 3.25. The number of ketones is 1. The number of nitro benzene ring substituents is 1. The zero-order valence-corrected chi connectivity index (χ0v) is 15.0. The molecule has 0 amide bonds. The van der Waals surface area contributed by atoms with Gasteiger partial charge in [0.2, 0.25) is 0 Å². The van der Waals surface area contributed by atoms with Gasteiger partial charge >= 0.3 is 0 Å². The van der Waals surface area contributed by atoms with E-state index in [1.165, 1.54) is 12.1 Å². The number of aliphatic hydroxyl groups is 1. The van der Waals surface area contributed by atoms with Crippen molar-refractivity contribution in [3.8, 4) is 0 Å². The minimum Gasteiger partial charge on any atom is -0.388 e. The van der Waals surface area contributed by atoms with E-state index in [2.05, 4.69) is 4.90 Å². The van der Waals surface area contributed by atoms with Crippen LogP contribution >= 0.6 is 0 Å². The van der Waals surface area contributed by atoms with Gasteiger partial charge in [-0.15, -0.1) is 0 Å². The van der Waals surface area contributed by atoms with E-state index in [-0.39, 0.29) is 17.9 Å². The van der Waals surface area contributed by atoms with Gasteiger partial charge in [0, 0.05) is 49.0 Å². The maximum atomic E-state index is 12.6. The summed E-state index contributed by atoms with van der Waals surface area (Å²) in [5.41, 5.74) is 1.99. The van der Waals surface area contributed by atoms with Gasteiger partial charge in [0.05, 0.1) is 11.0 Å².